The molecule has 0 radical (unpaired) electrons. The topological polar surface area (TPSA) is 60.4 Å². The van der Waals surface area contributed by atoms with Crippen molar-refractivity contribution < 1.29 is 9.84 Å². The van der Waals surface area contributed by atoms with Crippen molar-refractivity contribution in [1.82, 2.24) is 4.57 Å². The van der Waals surface area contributed by atoms with Crippen LogP contribution in [0.15, 0.2) is 24.4 Å². The van der Waals surface area contributed by atoms with Crippen molar-refractivity contribution in [2.45, 2.75) is 19.4 Å². The summed E-state index contributed by atoms with van der Waals surface area (Å²) in [7, 11) is 1.67. The predicted octanol–water partition coefficient (Wildman–Crippen LogP) is 1.53. The van der Waals surface area contributed by atoms with Gasteiger partial charge in [0, 0.05) is 23.6 Å². The van der Waals surface area contributed by atoms with Crippen LogP contribution in [0.25, 0.3) is 10.9 Å². The number of aliphatic hydroxyl groups excluding tert-OH is 1. The van der Waals surface area contributed by atoms with E-state index in [0.717, 1.165) is 24.1 Å². The van der Waals surface area contributed by atoms with Crippen molar-refractivity contribution in [1.29, 1.82) is 0 Å². The van der Waals surface area contributed by atoms with Gasteiger partial charge < -0.3 is 20.1 Å². The first-order chi connectivity index (χ1) is 8.80. The van der Waals surface area contributed by atoms with Gasteiger partial charge in [-0.3, -0.25) is 0 Å². The van der Waals surface area contributed by atoms with E-state index < -0.39 is 0 Å². The molecule has 0 fully saturated rings. The van der Waals surface area contributed by atoms with E-state index >= 15 is 0 Å². The minimum atomic E-state index is 0.145. The molecule has 98 valence electrons. The second-order valence-electron chi connectivity index (χ2n) is 4.35. The van der Waals surface area contributed by atoms with Gasteiger partial charge in [0.15, 0.2) is 0 Å². The fourth-order valence-electron chi connectivity index (χ4n) is 2.26. The van der Waals surface area contributed by atoms with Crippen LogP contribution in [0, 0.1) is 0 Å². The third-order valence-corrected chi connectivity index (χ3v) is 3.16. The Kier molecular flexibility index (Phi) is 4.23. The van der Waals surface area contributed by atoms with Crippen molar-refractivity contribution >= 4 is 10.9 Å². The molecule has 1 heterocycles. The number of aryl methyl sites for hydroxylation is 1. The Morgan fingerprint density at radius 2 is 2.22 bits per heavy atom. The lowest BCUT2D eigenvalue weighted by molar-refractivity contribution is 0.278. The third kappa shape index (κ3) is 2.49. The minimum Gasteiger partial charge on any atom is -0.497 e. The molecule has 0 saturated carbocycles. The smallest absolute Gasteiger partial charge is 0.119 e. The molecule has 2 aromatic rings. The van der Waals surface area contributed by atoms with Crippen molar-refractivity contribution in [3.8, 4) is 5.75 Å². The molecule has 0 aliphatic rings. The maximum Gasteiger partial charge on any atom is 0.119 e. The summed E-state index contributed by atoms with van der Waals surface area (Å²) in [6, 6.07) is 6.04. The van der Waals surface area contributed by atoms with Crippen molar-refractivity contribution in [3.63, 3.8) is 0 Å². The lowest BCUT2D eigenvalue weighted by atomic mass is 10.1. The first-order valence-corrected chi connectivity index (χ1v) is 6.27. The van der Waals surface area contributed by atoms with Crippen LogP contribution in [0.1, 0.15) is 12.0 Å². The molecule has 0 aliphatic carbocycles. The van der Waals surface area contributed by atoms with Gasteiger partial charge in [-0.2, -0.15) is 0 Å². The maximum atomic E-state index is 9.10. The molecule has 3 N–H and O–H groups in total. The number of aliphatic hydroxyl groups is 1. The summed E-state index contributed by atoms with van der Waals surface area (Å²) in [5.41, 5.74) is 7.97. The number of nitrogens with zero attached hydrogens (tertiary/aromatic N) is 1. The van der Waals surface area contributed by atoms with Gasteiger partial charge in [-0.1, -0.05) is 0 Å². The number of fused-ring (bicyclic) bond motifs is 1. The van der Waals surface area contributed by atoms with Crippen LogP contribution >= 0.6 is 0 Å². The molecule has 0 bridgehead atoms. The number of methoxy groups -OCH3 is 1. The number of aromatic nitrogens is 1. The van der Waals surface area contributed by atoms with Gasteiger partial charge in [-0.25, -0.2) is 0 Å². The zero-order valence-corrected chi connectivity index (χ0v) is 10.7. The number of hydrogen-bond acceptors (Lipinski definition) is 3. The quantitative estimate of drug-likeness (QED) is 0.815. The lowest BCUT2D eigenvalue weighted by Crippen LogP contribution is -2.01. The number of benzene rings is 1. The first-order valence-electron chi connectivity index (χ1n) is 6.27. The van der Waals surface area contributed by atoms with E-state index in [4.69, 9.17) is 15.6 Å². The monoisotopic (exact) mass is 248 g/mol. The lowest BCUT2D eigenvalue weighted by Gasteiger charge is -2.03. The van der Waals surface area contributed by atoms with Crippen LogP contribution in [0.4, 0.5) is 0 Å². The second-order valence-corrected chi connectivity index (χ2v) is 4.35. The number of nitrogens with two attached hydrogens (primary N) is 1. The molecule has 0 saturated heterocycles. The summed E-state index contributed by atoms with van der Waals surface area (Å²) in [6.45, 7) is 1.45. The number of ether oxygens (including phenoxy) is 1. The molecular formula is C14H20N2O2. The molecule has 1 aromatic heterocycles. The van der Waals surface area contributed by atoms with Crippen molar-refractivity contribution in [3.05, 3.63) is 30.0 Å². The van der Waals surface area contributed by atoms with Crippen molar-refractivity contribution in [2.75, 3.05) is 20.3 Å². The van der Waals surface area contributed by atoms with Gasteiger partial charge in [0.25, 0.3) is 0 Å². The highest BCUT2D eigenvalue weighted by Gasteiger charge is 2.09. The SMILES string of the molecule is COc1ccc2c(c1)c(CCCN)cn2CCO. The molecule has 4 heteroatoms. The normalized spacial score (nSPS) is 11.1. The summed E-state index contributed by atoms with van der Waals surface area (Å²) in [4.78, 5) is 0. The molecule has 2 rings (SSSR count). The highest BCUT2D eigenvalue weighted by atomic mass is 16.5. The summed E-state index contributed by atoms with van der Waals surface area (Å²) < 4.78 is 7.35. The molecule has 0 atom stereocenters. The maximum absolute atomic E-state index is 9.10. The molecule has 4 nitrogen and oxygen atoms in total. The zero-order chi connectivity index (χ0) is 13.0. The van der Waals surface area contributed by atoms with Gasteiger partial charge >= 0.3 is 0 Å². The van der Waals surface area contributed by atoms with Crippen LogP contribution in [0.3, 0.4) is 0 Å². The van der Waals surface area contributed by atoms with Gasteiger partial charge in [0.2, 0.25) is 0 Å². The second kappa shape index (κ2) is 5.89. The molecule has 0 unspecified atom stereocenters. The van der Waals surface area contributed by atoms with E-state index in [1.807, 2.05) is 12.1 Å². The summed E-state index contributed by atoms with van der Waals surface area (Å²) in [5.74, 6) is 0.859. The van der Waals surface area contributed by atoms with Crippen LogP contribution in [-0.4, -0.2) is 29.9 Å². The molecular weight excluding hydrogens is 228 g/mol. The Hall–Kier alpha value is -1.52. The largest absolute Gasteiger partial charge is 0.497 e. The predicted molar refractivity (Wildman–Crippen MR) is 73.0 cm³/mol. The Bertz CT molecular complexity index is 520. The molecule has 1 aromatic carbocycles. The van der Waals surface area contributed by atoms with E-state index in [2.05, 4.69) is 16.8 Å². The van der Waals surface area contributed by atoms with Crippen LogP contribution in [0.5, 0.6) is 5.75 Å². The van der Waals surface area contributed by atoms with Crippen LogP contribution < -0.4 is 10.5 Å². The van der Waals surface area contributed by atoms with Gasteiger partial charge in [-0.05, 0) is 43.1 Å². The van der Waals surface area contributed by atoms with E-state index in [0.29, 0.717) is 13.1 Å². The average Bonchev–Trinajstić information content (AvgIpc) is 2.74. The Balaban J connectivity index is 2.46. The third-order valence-electron chi connectivity index (χ3n) is 3.16. The van der Waals surface area contributed by atoms with Gasteiger partial charge in [-0.15, -0.1) is 0 Å². The van der Waals surface area contributed by atoms with Gasteiger partial charge in [0.05, 0.1) is 13.7 Å². The Morgan fingerprint density at radius 1 is 1.39 bits per heavy atom. The highest BCUT2D eigenvalue weighted by molar-refractivity contribution is 5.85. The molecule has 0 amide bonds. The summed E-state index contributed by atoms with van der Waals surface area (Å²) >= 11 is 0. The van der Waals surface area contributed by atoms with E-state index in [-0.39, 0.29) is 6.61 Å². The van der Waals surface area contributed by atoms with E-state index in [9.17, 15) is 0 Å². The average molecular weight is 248 g/mol. The standard InChI is InChI=1S/C14H20N2O2/c1-18-12-4-5-14-13(9-12)11(3-2-6-15)10-16(14)7-8-17/h4-5,9-10,17H,2-3,6-8,15H2,1H3. The number of hydrogen-bond donors (Lipinski definition) is 2. The van der Waals surface area contributed by atoms with Crippen LogP contribution in [-0.2, 0) is 13.0 Å². The molecule has 18 heavy (non-hydrogen) atoms. The summed E-state index contributed by atoms with van der Waals surface area (Å²) in [5, 5.41) is 10.3. The fourth-order valence-corrected chi connectivity index (χ4v) is 2.26. The molecule has 0 spiro atoms. The summed E-state index contributed by atoms with van der Waals surface area (Å²) in [6.07, 6.45) is 4.03. The van der Waals surface area contributed by atoms with E-state index in [1.165, 1.54) is 10.9 Å². The van der Waals surface area contributed by atoms with E-state index in [1.54, 1.807) is 7.11 Å². The van der Waals surface area contributed by atoms with Crippen LogP contribution in [0.2, 0.25) is 0 Å². The van der Waals surface area contributed by atoms with Crippen molar-refractivity contribution in [2.24, 2.45) is 5.73 Å². The fraction of sp³-hybridized carbons (Fsp3) is 0.429. The Morgan fingerprint density at radius 3 is 2.89 bits per heavy atom. The molecule has 0 aliphatic heterocycles. The minimum absolute atomic E-state index is 0.145. The Labute approximate surface area is 107 Å². The highest BCUT2D eigenvalue weighted by Crippen LogP contribution is 2.26. The zero-order valence-electron chi connectivity index (χ0n) is 10.7. The first kappa shape index (κ1) is 12.9. The number of rotatable bonds is 6. The van der Waals surface area contributed by atoms with Gasteiger partial charge in [0.1, 0.15) is 5.75 Å².